The number of rotatable bonds is 3. The minimum absolute atomic E-state index is 0.298. The molecule has 7 heteroatoms. The number of anilines is 1. The second-order valence-corrected chi connectivity index (χ2v) is 4.78. The van der Waals surface area contributed by atoms with Gasteiger partial charge in [-0.3, -0.25) is 4.57 Å². The summed E-state index contributed by atoms with van der Waals surface area (Å²) >= 11 is 5.94. The molecule has 3 aromatic rings. The van der Waals surface area contributed by atoms with Crippen molar-refractivity contribution in [1.29, 1.82) is 0 Å². The Morgan fingerprint density at radius 1 is 1.19 bits per heavy atom. The molecule has 6 nitrogen and oxygen atoms in total. The number of fused-ring (bicyclic) bond motifs is 1. The van der Waals surface area contributed by atoms with Gasteiger partial charge >= 0.3 is 0 Å². The summed E-state index contributed by atoms with van der Waals surface area (Å²) < 4.78 is 12.3. The molecule has 0 aliphatic heterocycles. The minimum atomic E-state index is 0.298. The van der Waals surface area contributed by atoms with Crippen LogP contribution in [0.5, 0.6) is 11.5 Å². The Balaban J connectivity index is 2.31. The van der Waals surface area contributed by atoms with Gasteiger partial charge in [0.15, 0.2) is 5.65 Å². The lowest BCUT2D eigenvalue weighted by Gasteiger charge is -2.12. The van der Waals surface area contributed by atoms with E-state index >= 15 is 0 Å². The van der Waals surface area contributed by atoms with Gasteiger partial charge < -0.3 is 15.2 Å². The van der Waals surface area contributed by atoms with Crippen LogP contribution in [0.1, 0.15) is 0 Å². The largest absolute Gasteiger partial charge is 0.497 e. The monoisotopic (exact) mass is 304 g/mol. The van der Waals surface area contributed by atoms with Gasteiger partial charge in [0.1, 0.15) is 17.0 Å². The lowest BCUT2D eigenvalue weighted by molar-refractivity contribution is 0.402. The summed E-state index contributed by atoms with van der Waals surface area (Å²) in [5.74, 6) is 1.62. The number of benzene rings is 1. The molecule has 0 aliphatic rings. The van der Waals surface area contributed by atoms with E-state index in [0.717, 1.165) is 0 Å². The quantitative estimate of drug-likeness (QED) is 0.805. The van der Waals surface area contributed by atoms with Crippen LogP contribution in [-0.4, -0.2) is 28.8 Å². The molecule has 0 radical (unpaired) electrons. The van der Waals surface area contributed by atoms with Gasteiger partial charge in [0.05, 0.1) is 24.9 Å². The molecule has 2 aromatic heterocycles. The Morgan fingerprint density at radius 2 is 2.00 bits per heavy atom. The molecule has 0 aliphatic carbocycles. The van der Waals surface area contributed by atoms with Crippen LogP contribution in [0, 0.1) is 0 Å². The average molecular weight is 305 g/mol. The van der Waals surface area contributed by atoms with Crippen LogP contribution in [0.4, 0.5) is 5.95 Å². The van der Waals surface area contributed by atoms with Gasteiger partial charge in [0, 0.05) is 12.3 Å². The third-order valence-corrected chi connectivity index (χ3v) is 3.32. The van der Waals surface area contributed by atoms with Crippen molar-refractivity contribution in [1.82, 2.24) is 14.5 Å². The maximum atomic E-state index is 6.02. The predicted molar refractivity (Wildman–Crippen MR) is 81.4 cm³/mol. The molecule has 0 saturated carbocycles. The number of imidazole rings is 1. The molecule has 3 rings (SSSR count). The first-order chi connectivity index (χ1) is 10.1. The third kappa shape index (κ3) is 2.23. The second kappa shape index (κ2) is 5.14. The van der Waals surface area contributed by atoms with E-state index in [2.05, 4.69) is 9.97 Å². The van der Waals surface area contributed by atoms with Gasteiger partial charge in [-0.15, -0.1) is 0 Å². The number of hydrogen-bond acceptors (Lipinski definition) is 5. The van der Waals surface area contributed by atoms with Crippen LogP contribution in [0.15, 0.2) is 30.5 Å². The molecule has 0 unspecified atom stereocenters. The van der Waals surface area contributed by atoms with Crippen molar-refractivity contribution in [2.75, 3.05) is 20.0 Å². The van der Waals surface area contributed by atoms with Crippen molar-refractivity contribution in [3.63, 3.8) is 0 Å². The van der Waals surface area contributed by atoms with Gasteiger partial charge in [-0.1, -0.05) is 11.6 Å². The number of hydrogen-bond donors (Lipinski definition) is 1. The van der Waals surface area contributed by atoms with Crippen molar-refractivity contribution >= 4 is 28.7 Å². The molecule has 0 spiro atoms. The molecule has 2 heterocycles. The molecule has 0 bridgehead atoms. The molecule has 108 valence electrons. The maximum Gasteiger partial charge on any atom is 0.207 e. The fourth-order valence-electron chi connectivity index (χ4n) is 2.17. The summed E-state index contributed by atoms with van der Waals surface area (Å²) in [6.45, 7) is 0. The Hall–Kier alpha value is -2.47. The summed E-state index contributed by atoms with van der Waals surface area (Å²) in [5.41, 5.74) is 7.94. The van der Waals surface area contributed by atoms with Crippen LogP contribution in [0.25, 0.3) is 16.9 Å². The fourth-order valence-corrected chi connectivity index (χ4v) is 2.32. The second-order valence-electron chi connectivity index (χ2n) is 4.34. The lowest BCUT2D eigenvalue weighted by atomic mass is 10.2. The Bertz CT molecular complexity index is 816. The highest BCUT2D eigenvalue weighted by atomic mass is 35.5. The Kier molecular flexibility index (Phi) is 3.31. The molecule has 2 N–H and O–H groups in total. The SMILES string of the molecule is COc1ccc(OC)c(-n2c(N)nc3cc(Cl)cnc32)c1. The van der Waals surface area contributed by atoms with Crippen LogP contribution >= 0.6 is 11.6 Å². The highest BCUT2D eigenvalue weighted by Gasteiger charge is 2.16. The van der Waals surface area contributed by atoms with Crippen molar-refractivity contribution < 1.29 is 9.47 Å². The molecule has 1 aromatic carbocycles. The van der Waals surface area contributed by atoms with E-state index < -0.39 is 0 Å². The van der Waals surface area contributed by atoms with Gasteiger partial charge in [-0.05, 0) is 18.2 Å². The third-order valence-electron chi connectivity index (χ3n) is 3.12. The van der Waals surface area contributed by atoms with Crippen LogP contribution in [0.3, 0.4) is 0 Å². The van der Waals surface area contributed by atoms with E-state index in [1.807, 2.05) is 12.1 Å². The zero-order valence-corrected chi connectivity index (χ0v) is 12.3. The summed E-state index contributed by atoms with van der Waals surface area (Å²) in [7, 11) is 3.18. The molecule has 0 fully saturated rings. The van der Waals surface area contributed by atoms with Crippen LogP contribution in [0.2, 0.25) is 5.02 Å². The Labute approximate surface area is 126 Å². The predicted octanol–water partition coefficient (Wildman–Crippen LogP) is 2.67. The van der Waals surface area contributed by atoms with E-state index in [1.165, 1.54) is 0 Å². The van der Waals surface area contributed by atoms with E-state index in [1.54, 1.807) is 37.1 Å². The maximum absolute atomic E-state index is 6.02. The smallest absolute Gasteiger partial charge is 0.207 e. The summed E-state index contributed by atoms with van der Waals surface area (Å²) in [6.07, 6.45) is 1.55. The number of nitrogens with two attached hydrogens (primary N) is 1. The summed E-state index contributed by atoms with van der Waals surface area (Å²) in [4.78, 5) is 8.58. The zero-order chi connectivity index (χ0) is 15.0. The normalized spacial score (nSPS) is 10.8. The number of aromatic nitrogens is 3. The van der Waals surface area contributed by atoms with Gasteiger partial charge in [-0.2, -0.15) is 0 Å². The van der Waals surface area contributed by atoms with Crippen molar-refractivity contribution in [2.24, 2.45) is 0 Å². The summed E-state index contributed by atoms with van der Waals surface area (Å²) in [6, 6.07) is 7.13. The number of methoxy groups -OCH3 is 2. The standard InChI is InChI=1S/C14H13ClN4O2/c1-20-9-3-4-12(21-2)11(6-9)19-13-10(18-14(19)16)5-8(15)7-17-13/h3-7H,1-2H3,(H2,16,18). The molecule has 0 saturated heterocycles. The first-order valence-corrected chi connectivity index (χ1v) is 6.53. The molecule has 0 amide bonds. The highest BCUT2D eigenvalue weighted by molar-refractivity contribution is 6.31. The van der Waals surface area contributed by atoms with Gasteiger partial charge in [0.2, 0.25) is 5.95 Å². The first kappa shape index (κ1) is 13.5. The summed E-state index contributed by atoms with van der Waals surface area (Å²) in [5, 5.41) is 0.504. The van der Waals surface area contributed by atoms with E-state index in [0.29, 0.717) is 39.3 Å². The number of pyridine rings is 1. The minimum Gasteiger partial charge on any atom is -0.497 e. The number of ether oxygens (including phenoxy) is 2. The van der Waals surface area contributed by atoms with Crippen molar-refractivity contribution in [3.05, 3.63) is 35.5 Å². The zero-order valence-electron chi connectivity index (χ0n) is 11.5. The topological polar surface area (TPSA) is 75.2 Å². The molecule has 21 heavy (non-hydrogen) atoms. The number of halogens is 1. The van der Waals surface area contributed by atoms with E-state index in [-0.39, 0.29) is 0 Å². The lowest BCUT2D eigenvalue weighted by Crippen LogP contribution is -2.04. The first-order valence-electron chi connectivity index (χ1n) is 6.16. The molecule has 0 atom stereocenters. The molecular formula is C14H13ClN4O2. The van der Waals surface area contributed by atoms with E-state index in [4.69, 9.17) is 26.8 Å². The molecular weight excluding hydrogens is 292 g/mol. The van der Waals surface area contributed by atoms with Gasteiger partial charge in [0.25, 0.3) is 0 Å². The number of nitrogens with zero attached hydrogens (tertiary/aromatic N) is 3. The fraction of sp³-hybridized carbons (Fsp3) is 0.143. The average Bonchev–Trinajstić information content (AvgIpc) is 2.81. The van der Waals surface area contributed by atoms with Crippen molar-refractivity contribution in [3.8, 4) is 17.2 Å². The number of nitrogen functional groups attached to an aromatic ring is 1. The van der Waals surface area contributed by atoms with Crippen LogP contribution in [-0.2, 0) is 0 Å². The van der Waals surface area contributed by atoms with Gasteiger partial charge in [-0.25, -0.2) is 9.97 Å². The van der Waals surface area contributed by atoms with E-state index in [9.17, 15) is 0 Å². The van der Waals surface area contributed by atoms with Crippen LogP contribution < -0.4 is 15.2 Å². The highest BCUT2D eigenvalue weighted by Crippen LogP contribution is 2.32. The Morgan fingerprint density at radius 3 is 2.71 bits per heavy atom. The van der Waals surface area contributed by atoms with Crippen molar-refractivity contribution in [2.45, 2.75) is 0 Å².